The first kappa shape index (κ1) is 16.9. The zero-order valence-corrected chi connectivity index (χ0v) is 14.0. The van der Waals surface area contributed by atoms with E-state index in [0.29, 0.717) is 23.9 Å². The molecule has 3 rings (SSSR count). The van der Waals surface area contributed by atoms with Crippen LogP contribution in [0.1, 0.15) is 37.5 Å². The van der Waals surface area contributed by atoms with Crippen molar-refractivity contribution >= 4 is 23.3 Å². The maximum atomic E-state index is 14.0. The number of urea groups is 1. The molecule has 25 heavy (non-hydrogen) atoms. The second kappa shape index (κ2) is 6.88. The third kappa shape index (κ3) is 3.76. The fourth-order valence-electron chi connectivity index (χ4n) is 2.88. The molecule has 2 heterocycles. The lowest BCUT2D eigenvalue weighted by molar-refractivity contribution is -0.114. The second-order valence-corrected chi connectivity index (χ2v) is 5.94. The number of rotatable bonds is 3. The quantitative estimate of drug-likeness (QED) is 0.795. The minimum Gasteiger partial charge on any atom is -0.326 e. The second-order valence-electron chi connectivity index (χ2n) is 5.94. The van der Waals surface area contributed by atoms with Crippen LogP contribution in [-0.2, 0) is 4.79 Å². The van der Waals surface area contributed by atoms with E-state index in [1.807, 2.05) is 0 Å². The molecule has 0 aliphatic carbocycles. The van der Waals surface area contributed by atoms with E-state index in [4.69, 9.17) is 0 Å². The van der Waals surface area contributed by atoms with Crippen LogP contribution in [0.15, 0.2) is 18.2 Å². The van der Waals surface area contributed by atoms with Gasteiger partial charge in [-0.2, -0.15) is 5.10 Å². The molecule has 0 spiro atoms. The lowest BCUT2D eigenvalue weighted by Gasteiger charge is -2.23. The number of amides is 3. The number of benzene rings is 1. The number of nitrogens with zero attached hydrogens (tertiary/aromatic N) is 3. The van der Waals surface area contributed by atoms with Crippen molar-refractivity contribution in [1.82, 2.24) is 20.1 Å². The Labute approximate surface area is 143 Å². The van der Waals surface area contributed by atoms with Crippen molar-refractivity contribution in [1.29, 1.82) is 0 Å². The van der Waals surface area contributed by atoms with Gasteiger partial charge < -0.3 is 15.5 Å². The summed E-state index contributed by atoms with van der Waals surface area (Å²) in [5, 5.41) is 12.0. The number of aryl methyl sites for hydroxylation is 1. The topological polar surface area (TPSA) is 103 Å². The Morgan fingerprint density at radius 1 is 1.36 bits per heavy atom. The van der Waals surface area contributed by atoms with Crippen LogP contribution in [-0.4, -0.2) is 38.6 Å². The van der Waals surface area contributed by atoms with Gasteiger partial charge in [-0.05, 0) is 38.0 Å². The number of nitrogens with one attached hydrogen (secondary N) is 3. The number of hydrogen-bond donors (Lipinski definition) is 3. The van der Waals surface area contributed by atoms with Crippen molar-refractivity contribution in [3.8, 4) is 0 Å². The van der Waals surface area contributed by atoms with Gasteiger partial charge in [-0.15, -0.1) is 0 Å². The average Bonchev–Trinajstić information content (AvgIpc) is 3.18. The minimum absolute atomic E-state index is 0.00747. The molecule has 1 aromatic carbocycles. The van der Waals surface area contributed by atoms with Crippen molar-refractivity contribution in [2.24, 2.45) is 0 Å². The summed E-state index contributed by atoms with van der Waals surface area (Å²) in [6.45, 7) is 3.69. The van der Waals surface area contributed by atoms with Gasteiger partial charge in [0.1, 0.15) is 11.6 Å². The molecule has 0 unspecified atom stereocenters. The molecular weight excluding hydrogens is 327 g/mol. The molecule has 0 saturated carbocycles. The fourth-order valence-corrected chi connectivity index (χ4v) is 2.88. The number of aromatic nitrogens is 3. The first-order valence-corrected chi connectivity index (χ1v) is 7.97. The number of aromatic amines is 1. The highest BCUT2D eigenvalue weighted by molar-refractivity contribution is 5.93. The Morgan fingerprint density at radius 3 is 2.84 bits per heavy atom. The summed E-state index contributed by atoms with van der Waals surface area (Å²) in [7, 11) is 0. The van der Waals surface area contributed by atoms with E-state index in [2.05, 4.69) is 25.8 Å². The number of carbonyl (C=O) groups excluding carboxylic acids is 2. The van der Waals surface area contributed by atoms with Crippen LogP contribution in [0.5, 0.6) is 0 Å². The molecule has 1 aliphatic rings. The van der Waals surface area contributed by atoms with Crippen LogP contribution < -0.4 is 10.6 Å². The monoisotopic (exact) mass is 346 g/mol. The molecule has 1 aliphatic heterocycles. The largest absolute Gasteiger partial charge is 0.326 e. The van der Waals surface area contributed by atoms with Crippen LogP contribution in [0.2, 0.25) is 0 Å². The Balaban J connectivity index is 1.76. The summed E-state index contributed by atoms with van der Waals surface area (Å²) in [4.78, 5) is 29.6. The zero-order valence-electron chi connectivity index (χ0n) is 14.0. The maximum absolute atomic E-state index is 14.0. The molecule has 3 amide bonds. The van der Waals surface area contributed by atoms with Gasteiger partial charge in [-0.3, -0.25) is 9.89 Å². The van der Waals surface area contributed by atoms with E-state index in [-0.39, 0.29) is 17.6 Å². The SMILES string of the molecule is CC(=O)Nc1ccc(F)c(NC(=O)N2CCC[C@H]2c2n[nH]c(C)n2)c1. The lowest BCUT2D eigenvalue weighted by atomic mass is 10.2. The molecule has 132 valence electrons. The average molecular weight is 346 g/mol. The highest BCUT2D eigenvalue weighted by Gasteiger charge is 2.33. The van der Waals surface area contributed by atoms with Crippen LogP contribution in [0.3, 0.4) is 0 Å². The van der Waals surface area contributed by atoms with Gasteiger partial charge in [0.25, 0.3) is 0 Å². The molecule has 9 heteroatoms. The molecule has 1 aromatic heterocycles. The number of halogens is 1. The molecule has 0 radical (unpaired) electrons. The van der Waals surface area contributed by atoms with Crippen LogP contribution in [0.4, 0.5) is 20.6 Å². The Morgan fingerprint density at radius 2 is 2.16 bits per heavy atom. The summed E-state index contributed by atoms with van der Waals surface area (Å²) in [5.74, 6) is 0.379. The number of likely N-dealkylation sites (tertiary alicyclic amines) is 1. The van der Waals surface area contributed by atoms with Crippen LogP contribution in [0, 0.1) is 12.7 Å². The van der Waals surface area contributed by atoms with Gasteiger partial charge in [0.05, 0.1) is 11.7 Å². The van der Waals surface area contributed by atoms with Crippen molar-refractivity contribution in [3.05, 3.63) is 35.7 Å². The van der Waals surface area contributed by atoms with E-state index >= 15 is 0 Å². The Hall–Kier alpha value is -2.97. The smallest absolute Gasteiger partial charge is 0.322 e. The molecule has 1 fully saturated rings. The highest BCUT2D eigenvalue weighted by Crippen LogP contribution is 2.31. The van der Waals surface area contributed by atoms with Crippen molar-refractivity contribution in [3.63, 3.8) is 0 Å². The molecule has 3 N–H and O–H groups in total. The van der Waals surface area contributed by atoms with E-state index in [0.717, 1.165) is 12.8 Å². The Kier molecular flexibility index (Phi) is 4.64. The highest BCUT2D eigenvalue weighted by atomic mass is 19.1. The Bertz CT molecular complexity index is 806. The molecular formula is C16H19FN6O2. The van der Waals surface area contributed by atoms with Crippen LogP contribution in [0.25, 0.3) is 0 Å². The number of anilines is 2. The standard InChI is InChI=1S/C16H19FN6O2/c1-9-18-15(22-21-9)14-4-3-7-23(14)16(25)20-13-8-11(19-10(2)24)5-6-12(13)17/h5-6,8,14H,3-4,7H2,1-2H3,(H,19,24)(H,20,25)(H,18,21,22)/t14-/m0/s1. The molecule has 1 saturated heterocycles. The summed E-state index contributed by atoms with van der Waals surface area (Å²) >= 11 is 0. The summed E-state index contributed by atoms with van der Waals surface area (Å²) in [5.41, 5.74) is 0.417. The summed E-state index contributed by atoms with van der Waals surface area (Å²) < 4.78 is 14.0. The maximum Gasteiger partial charge on any atom is 0.322 e. The van der Waals surface area contributed by atoms with Crippen molar-refractivity contribution in [2.75, 3.05) is 17.2 Å². The molecule has 0 bridgehead atoms. The fraction of sp³-hybridized carbons (Fsp3) is 0.375. The van der Waals surface area contributed by atoms with E-state index < -0.39 is 11.8 Å². The predicted octanol–water partition coefficient (Wildman–Crippen LogP) is 2.58. The van der Waals surface area contributed by atoms with E-state index in [1.54, 1.807) is 11.8 Å². The third-order valence-corrected chi connectivity index (χ3v) is 3.95. The summed E-state index contributed by atoms with van der Waals surface area (Å²) in [6.07, 6.45) is 1.57. The van der Waals surface area contributed by atoms with Gasteiger partial charge in [0.2, 0.25) is 5.91 Å². The third-order valence-electron chi connectivity index (χ3n) is 3.95. The molecule has 1 atom stereocenters. The molecule has 8 nitrogen and oxygen atoms in total. The van der Waals surface area contributed by atoms with E-state index in [1.165, 1.54) is 25.1 Å². The number of carbonyl (C=O) groups is 2. The molecule has 2 aromatic rings. The van der Waals surface area contributed by atoms with Gasteiger partial charge in [0, 0.05) is 19.2 Å². The van der Waals surface area contributed by atoms with Gasteiger partial charge in [0.15, 0.2) is 5.82 Å². The first-order valence-electron chi connectivity index (χ1n) is 7.97. The van der Waals surface area contributed by atoms with Gasteiger partial charge in [-0.1, -0.05) is 0 Å². The number of H-pyrrole nitrogens is 1. The van der Waals surface area contributed by atoms with Crippen LogP contribution >= 0.6 is 0 Å². The van der Waals surface area contributed by atoms with Gasteiger partial charge >= 0.3 is 6.03 Å². The van der Waals surface area contributed by atoms with Crippen molar-refractivity contribution in [2.45, 2.75) is 32.7 Å². The lowest BCUT2D eigenvalue weighted by Crippen LogP contribution is -2.35. The zero-order chi connectivity index (χ0) is 18.0. The van der Waals surface area contributed by atoms with E-state index in [9.17, 15) is 14.0 Å². The minimum atomic E-state index is -0.577. The number of hydrogen-bond acceptors (Lipinski definition) is 4. The van der Waals surface area contributed by atoms with Gasteiger partial charge in [-0.25, -0.2) is 14.2 Å². The van der Waals surface area contributed by atoms with Crippen molar-refractivity contribution < 1.29 is 14.0 Å². The first-order chi connectivity index (χ1) is 11.9. The predicted molar refractivity (Wildman–Crippen MR) is 89.5 cm³/mol. The summed E-state index contributed by atoms with van der Waals surface area (Å²) in [6, 6.07) is 3.34. The normalized spacial score (nSPS) is 16.8.